The number of guanidine groups is 1. The van der Waals surface area contributed by atoms with E-state index < -0.39 is 17.9 Å². The van der Waals surface area contributed by atoms with Crippen LogP contribution in [0.2, 0.25) is 0 Å². The molecule has 0 bridgehead atoms. The summed E-state index contributed by atoms with van der Waals surface area (Å²) in [5.74, 6) is -1.43. The molecule has 114 valence electrons. The molecule has 0 aliphatic heterocycles. The van der Waals surface area contributed by atoms with Crippen molar-refractivity contribution in [3.63, 3.8) is 0 Å². The summed E-state index contributed by atoms with van der Waals surface area (Å²) in [7, 11) is 0. The Morgan fingerprint density at radius 3 is 2.43 bits per heavy atom. The van der Waals surface area contributed by atoms with Crippen LogP contribution in [0.5, 0.6) is 0 Å². The van der Waals surface area contributed by atoms with Crippen LogP contribution in [-0.4, -0.2) is 35.5 Å². The number of nitrogens with zero attached hydrogens (tertiary/aromatic N) is 1. The first kappa shape index (κ1) is 16.5. The molecule has 0 heterocycles. The van der Waals surface area contributed by atoms with Crippen molar-refractivity contribution in [1.29, 1.82) is 0 Å². The van der Waals surface area contributed by atoms with Gasteiger partial charge in [0.1, 0.15) is 6.04 Å². The molecule has 0 radical (unpaired) electrons. The number of amides is 1. The molecule has 0 spiro atoms. The quantitative estimate of drug-likeness (QED) is 0.311. The number of carboxylic acid groups (broad SMARTS) is 1. The van der Waals surface area contributed by atoms with E-state index in [1.807, 2.05) is 0 Å². The molecule has 1 aromatic rings. The average Bonchev–Trinajstić information content (AvgIpc) is 2.45. The van der Waals surface area contributed by atoms with Gasteiger partial charge >= 0.3 is 5.97 Å². The number of nitrogens with two attached hydrogens (primary N) is 2. The number of carbonyl (C=O) groups excluding carboxylic acids is 1. The summed E-state index contributed by atoms with van der Waals surface area (Å²) in [6.07, 6.45) is 1.58. The zero-order chi connectivity index (χ0) is 15.7. The van der Waals surface area contributed by atoms with Crippen LogP contribution in [0.4, 0.5) is 0 Å². The third kappa shape index (κ3) is 6.42. The summed E-state index contributed by atoms with van der Waals surface area (Å²) in [5.41, 5.74) is 10.8. The van der Waals surface area contributed by atoms with Crippen LogP contribution in [0, 0.1) is 0 Å². The van der Waals surface area contributed by atoms with E-state index in [-0.39, 0.29) is 5.96 Å². The number of hydrogen-bond acceptors (Lipinski definition) is 3. The lowest BCUT2D eigenvalue weighted by Gasteiger charge is -2.14. The molecule has 1 rings (SSSR count). The smallest absolute Gasteiger partial charge is 0.326 e. The van der Waals surface area contributed by atoms with Gasteiger partial charge in [-0.3, -0.25) is 9.79 Å². The first-order valence-corrected chi connectivity index (χ1v) is 6.65. The van der Waals surface area contributed by atoms with Crippen LogP contribution in [0.15, 0.2) is 35.3 Å². The Labute approximate surface area is 123 Å². The first-order valence-electron chi connectivity index (χ1n) is 6.65. The number of carboxylic acids is 1. The zero-order valence-electron chi connectivity index (χ0n) is 11.7. The lowest BCUT2D eigenvalue weighted by Crippen LogP contribution is -2.40. The van der Waals surface area contributed by atoms with Crippen molar-refractivity contribution in [2.45, 2.75) is 25.3 Å². The predicted octanol–water partition coefficient (Wildman–Crippen LogP) is 0.313. The van der Waals surface area contributed by atoms with Crippen molar-refractivity contribution in [3.8, 4) is 0 Å². The third-order valence-electron chi connectivity index (χ3n) is 2.83. The normalized spacial score (nSPS) is 11.4. The second-order valence-electron chi connectivity index (χ2n) is 4.53. The Hall–Kier alpha value is -2.57. The van der Waals surface area contributed by atoms with E-state index in [1.54, 1.807) is 30.3 Å². The molecule has 1 amide bonds. The molecule has 0 unspecified atom stereocenters. The third-order valence-corrected chi connectivity index (χ3v) is 2.83. The number of rotatable bonds is 8. The van der Waals surface area contributed by atoms with Crippen LogP contribution in [0.25, 0.3) is 0 Å². The van der Waals surface area contributed by atoms with E-state index in [0.29, 0.717) is 31.4 Å². The van der Waals surface area contributed by atoms with Gasteiger partial charge in [0.2, 0.25) is 0 Å². The van der Waals surface area contributed by atoms with Gasteiger partial charge in [-0.2, -0.15) is 0 Å². The van der Waals surface area contributed by atoms with E-state index in [0.717, 1.165) is 0 Å². The fraction of sp³-hybridized carbons (Fsp3) is 0.357. The molecule has 7 nitrogen and oxygen atoms in total. The van der Waals surface area contributed by atoms with Crippen molar-refractivity contribution >= 4 is 17.8 Å². The van der Waals surface area contributed by atoms with Crippen molar-refractivity contribution < 1.29 is 14.7 Å². The van der Waals surface area contributed by atoms with E-state index in [1.165, 1.54) is 0 Å². The molecule has 1 atom stereocenters. The highest BCUT2D eigenvalue weighted by Gasteiger charge is 2.19. The number of nitrogens with one attached hydrogen (secondary N) is 1. The highest BCUT2D eigenvalue weighted by Crippen LogP contribution is 2.05. The van der Waals surface area contributed by atoms with E-state index in [2.05, 4.69) is 10.3 Å². The Morgan fingerprint density at radius 1 is 1.19 bits per heavy atom. The van der Waals surface area contributed by atoms with Crippen LogP contribution in [0.3, 0.4) is 0 Å². The molecule has 7 heteroatoms. The van der Waals surface area contributed by atoms with E-state index in [9.17, 15) is 9.59 Å². The minimum absolute atomic E-state index is 0.0159. The van der Waals surface area contributed by atoms with Gasteiger partial charge in [0, 0.05) is 12.1 Å². The summed E-state index contributed by atoms with van der Waals surface area (Å²) < 4.78 is 0. The Morgan fingerprint density at radius 2 is 1.86 bits per heavy atom. The summed E-state index contributed by atoms with van der Waals surface area (Å²) >= 11 is 0. The second kappa shape index (κ2) is 8.57. The van der Waals surface area contributed by atoms with Gasteiger partial charge in [0.15, 0.2) is 5.96 Å². The van der Waals surface area contributed by atoms with Crippen LogP contribution < -0.4 is 16.8 Å². The van der Waals surface area contributed by atoms with Crippen molar-refractivity contribution in [2.24, 2.45) is 16.5 Å². The number of hydrogen-bond donors (Lipinski definition) is 4. The zero-order valence-corrected chi connectivity index (χ0v) is 11.7. The molecule has 0 fully saturated rings. The highest BCUT2D eigenvalue weighted by atomic mass is 16.4. The van der Waals surface area contributed by atoms with Crippen molar-refractivity contribution in [3.05, 3.63) is 35.9 Å². The van der Waals surface area contributed by atoms with Crippen molar-refractivity contribution in [1.82, 2.24) is 5.32 Å². The second-order valence-corrected chi connectivity index (χ2v) is 4.53. The molecular weight excluding hydrogens is 272 g/mol. The summed E-state index contributed by atoms with van der Waals surface area (Å²) in [5, 5.41) is 11.6. The van der Waals surface area contributed by atoms with Crippen molar-refractivity contribution in [2.75, 3.05) is 6.54 Å². The van der Waals surface area contributed by atoms with Crippen LogP contribution in [0.1, 0.15) is 29.6 Å². The van der Waals surface area contributed by atoms with Gasteiger partial charge in [-0.1, -0.05) is 18.2 Å². The fourth-order valence-corrected chi connectivity index (χ4v) is 1.76. The summed E-state index contributed by atoms with van der Waals surface area (Å²) in [6.45, 7) is 0.446. The predicted molar refractivity (Wildman–Crippen MR) is 79.9 cm³/mol. The molecule has 21 heavy (non-hydrogen) atoms. The summed E-state index contributed by atoms with van der Waals surface area (Å²) in [6, 6.07) is 7.58. The highest BCUT2D eigenvalue weighted by molar-refractivity contribution is 5.96. The van der Waals surface area contributed by atoms with Gasteiger partial charge in [0.25, 0.3) is 5.91 Å². The minimum Gasteiger partial charge on any atom is -0.480 e. The standard InChI is InChI=1S/C14H20N4O3/c15-14(16)17-9-5-4-8-11(13(20)21)18-12(19)10-6-2-1-3-7-10/h1-3,6-7,11H,4-5,8-9H2,(H,18,19)(H,20,21)(H4,15,16,17)/t11-/m0/s1. The molecule has 0 aromatic heterocycles. The Balaban J connectivity index is 2.45. The van der Waals surface area contributed by atoms with Gasteiger partial charge in [-0.25, -0.2) is 4.79 Å². The molecular formula is C14H20N4O3. The Kier molecular flexibility index (Phi) is 6.73. The maximum Gasteiger partial charge on any atom is 0.326 e. The summed E-state index contributed by atoms with van der Waals surface area (Å²) in [4.78, 5) is 26.9. The lowest BCUT2D eigenvalue weighted by molar-refractivity contribution is -0.139. The van der Waals surface area contributed by atoms with Gasteiger partial charge in [-0.15, -0.1) is 0 Å². The largest absolute Gasteiger partial charge is 0.480 e. The molecule has 1 aromatic carbocycles. The number of unbranched alkanes of at least 4 members (excludes halogenated alkanes) is 1. The molecule has 0 saturated heterocycles. The Bertz CT molecular complexity index is 498. The van der Waals surface area contributed by atoms with Gasteiger partial charge < -0.3 is 21.9 Å². The monoisotopic (exact) mass is 292 g/mol. The molecule has 0 aliphatic rings. The lowest BCUT2D eigenvalue weighted by atomic mass is 10.1. The van der Waals surface area contributed by atoms with E-state index in [4.69, 9.17) is 16.6 Å². The topological polar surface area (TPSA) is 131 Å². The molecule has 0 aliphatic carbocycles. The van der Waals surface area contributed by atoms with Gasteiger partial charge in [0.05, 0.1) is 0 Å². The maximum atomic E-state index is 11.9. The average molecular weight is 292 g/mol. The first-order chi connectivity index (χ1) is 10.0. The number of aliphatic carboxylic acids is 1. The molecule has 6 N–H and O–H groups in total. The maximum absolute atomic E-state index is 11.9. The fourth-order valence-electron chi connectivity index (χ4n) is 1.76. The number of aliphatic imine (C=N–C) groups is 1. The number of carbonyl (C=O) groups is 2. The SMILES string of the molecule is NC(N)=NCCCC[C@H](NC(=O)c1ccccc1)C(=O)O. The molecule has 0 saturated carbocycles. The minimum atomic E-state index is -1.05. The van der Waals surface area contributed by atoms with Crippen LogP contribution >= 0.6 is 0 Å². The van der Waals surface area contributed by atoms with E-state index >= 15 is 0 Å². The number of benzene rings is 1. The van der Waals surface area contributed by atoms with Gasteiger partial charge in [-0.05, 0) is 31.4 Å². The van der Waals surface area contributed by atoms with Crippen LogP contribution in [-0.2, 0) is 4.79 Å².